The van der Waals surface area contributed by atoms with Gasteiger partial charge in [0.2, 0.25) is 11.8 Å². The zero-order valence-corrected chi connectivity index (χ0v) is 24.8. The molecule has 4 aromatic carbocycles. The Morgan fingerprint density at radius 1 is 0.957 bits per heavy atom. The van der Waals surface area contributed by atoms with Gasteiger partial charge in [-0.15, -0.1) is 0 Å². The minimum absolute atomic E-state index is 0.0320. The number of aromatic hydroxyl groups is 1. The van der Waals surface area contributed by atoms with E-state index >= 15 is 0 Å². The number of nitrogens with one attached hydrogen (secondary N) is 1. The van der Waals surface area contributed by atoms with Gasteiger partial charge < -0.3 is 14.9 Å². The number of carbonyl (C=O) groups excluding carboxylic acids is 2. The number of fused-ring (bicyclic) bond motifs is 1. The number of imide groups is 1. The first-order valence-electron chi connectivity index (χ1n) is 14.2. The smallest absolute Gasteiger partial charge is 0.416 e. The van der Waals surface area contributed by atoms with Gasteiger partial charge in [-0.3, -0.25) is 19.7 Å². The largest absolute Gasteiger partial charge is 0.508 e. The molecule has 46 heavy (non-hydrogen) atoms. The molecule has 2 aliphatic rings. The monoisotopic (exact) mass is 650 g/mol. The standard InChI is InChI=1S/C34H26ClF3N2O6/c1-18-8-11-22(16-26(18)35)40-30(42)27-28(31(40)43)33(32(44)45,17-19-9-12-23(41)13-10-19)39-29(27)20-4-2-6-24(14-20)46-25-7-3-5-21(15-25)34(36,37)38/h2-16,27-29,39,41H,17H2,1H3,(H,44,45). The molecular formula is C34H26ClF3N2O6. The Labute approximate surface area is 266 Å². The van der Waals surface area contributed by atoms with Crippen molar-refractivity contribution < 1.29 is 42.5 Å². The topological polar surface area (TPSA) is 116 Å². The lowest BCUT2D eigenvalue weighted by molar-refractivity contribution is -0.148. The molecule has 0 bridgehead atoms. The van der Waals surface area contributed by atoms with Crippen LogP contribution in [0.2, 0.25) is 5.02 Å². The van der Waals surface area contributed by atoms with Gasteiger partial charge in [0, 0.05) is 17.5 Å². The van der Waals surface area contributed by atoms with Crippen LogP contribution >= 0.6 is 11.6 Å². The number of phenols is 1. The molecular weight excluding hydrogens is 625 g/mol. The van der Waals surface area contributed by atoms with Gasteiger partial charge in [-0.2, -0.15) is 13.2 Å². The number of amides is 2. The number of phenolic OH excluding ortho intramolecular Hbond substituents is 1. The number of nitrogens with zero attached hydrogens (tertiary/aromatic N) is 1. The van der Waals surface area contributed by atoms with Crippen molar-refractivity contribution in [3.63, 3.8) is 0 Å². The van der Waals surface area contributed by atoms with Crippen molar-refractivity contribution in [1.82, 2.24) is 5.32 Å². The molecule has 0 aliphatic carbocycles. The summed E-state index contributed by atoms with van der Waals surface area (Å²) >= 11 is 6.33. The number of halogens is 4. The fourth-order valence-corrected chi connectivity index (χ4v) is 6.45. The van der Waals surface area contributed by atoms with Crippen molar-refractivity contribution in [2.45, 2.75) is 31.1 Å². The molecule has 2 heterocycles. The number of carboxylic acids is 1. The third-order valence-electron chi connectivity index (χ3n) is 8.48. The molecule has 4 atom stereocenters. The lowest BCUT2D eigenvalue weighted by Gasteiger charge is -2.31. The van der Waals surface area contributed by atoms with E-state index in [2.05, 4.69) is 5.32 Å². The Bertz CT molecular complexity index is 1860. The molecule has 0 radical (unpaired) electrons. The molecule has 8 nitrogen and oxygen atoms in total. The molecule has 2 saturated heterocycles. The average Bonchev–Trinajstić information content (AvgIpc) is 3.49. The number of hydrogen-bond acceptors (Lipinski definition) is 6. The number of aliphatic carboxylic acids is 1. The summed E-state index contributed by atoms with van der Waals surface area (Å²) in [5.41, 5.74) is -1.06. The number of hydrogen-bond donors (Lipinski definition) is 3. The van der Waals surface area contributed by atoms with E-state index in [1.807, 2.05) is 0 Å². The second-order valence-corrected chi connectivity index (χ2v) is 11.8. The van der Waals surface area contributed by atoms with Crippen LogP contribution in [0.15, 0.2) is 91.0 Å². The Balaban J connectivity index is 1.43. The highest BCUT2D eigenvalue weighted by molar-refractivity contribution is 6.32. The van der Waals surface area contributed by atoms with Crippen LogP contribution in [0.25, 0.3) is 0 Å². The van der Waals surface area contributed by atoms with Gasteiger partial charge in [-0.25, -0.2) is 4.90 Å². The van der Waals surface area contributed by atoms with Gasteiger partial charge in [-0.1, -0.05) is 48.0 Å². The Morgan fingerprint density at radius 2 is 1.63 bits per heavy atom. The molecule has 0 aromatic heterocycles. The van der Waals surface area contributed by atoms with Gasteiger partial charge >= 0.3 is 12.1 Å². The summed E-state index contributed by atoms with van der Waals surface area (Å²) in [4.78, 5) is 42.5. The van der Waals surface area contributed by atoms with Gasteiger partial charge in [0.1, 0.15) is 22.8 Å². The van der Waals surface area contributed by atoms with E-state index in [1.165, 1.54) is 54.6 Å². The molecule has 0 saturated carbocycles. The second kappa shape index (κ2) is 11.5. The lowest BCUT2D eigenvalue weighted by Crippen LogP contribution is -2.57. The summed E-state index contributed by atoms with van der Waals surface area (Å²) in [7, 11) is 0. The minimum atomic E-state index is -4.58. The summed E-state index contributed by atoms with van der Waals surface area (Å²) in [5.74, 6) is -5.22. The normalized spacial score (nSPS) is 22.6. The molecule has 2 aliphatic heterocycles. The molecule has 4 aromatic rings. The van der Waals surface area contributed by atoms with Crippen molar-refractivity contribution in [3.8, 4) is 17.2 Å². The fourth-order valence-electron chi connectivity index (χ4n) is 6.28. The third-order valence-corrected chi connectivity index (χ3v) is 8.89. The highest BCUT2D eigenvalue weighted by Crippen LogP contribution is 2.51. The van der Waals surface area contributed by atoms with Crippen LogP contribution in [0.5, 0.6) is 17.2 Å². The molecule has 2 amide bonds. The van der Waals surface area contributed by atoms with Crippen molar-refractivity contribution in [1.29, 1.82) is 0 Å². The zero-order valence-electron chi connectivity index (χ0n) is 24.1. The number of ether oxygens (including phenoxy) is 1. The quantitative estimate of drug-likeness (QED) is 0.191. The maximum Gasteiger partial charge on any atom is 0.416 e. The van der Waals surface area contributed by atoms with Gasteiger partial charge in [0.05, 0.1) is 23.1 Å². The molecule has 6 rings (SSSR count). The number of carbonyl (C=O) groups is 3. The summed E-state index contributed by atoms with van der Waals surface area (Å²) in [6.07, 6.45) is -4.78. The van der Waals surface area contributed by atoms with Gasteiger partial charge in [0.25, 0.3) is 0 Å². The van der Waals surface area contributed by atoms with Crippen LogP contribution in [0.1, 0.15) is 28.3 Å². The molecule has 4 unspecified atom stereocenters. The average molecular weight is 651 g/mol. The first kappa shape index (κ1) is 31.1. The fraction of sp³-hybridized carbons (Fsp3) is 0.206. The van der Waals surface area contributed by atoms with Crippen LogP contribution in [0, 0.1) is 18.8 Å². The van der Waals surface area contributed by atoms with E-state index in [0.29, 0.717) is 21.7 Å². The lowest BCUT2D eigenvalue weighted by atomic mass is 9.76. The highest BCUT2D eigenvalue weighted by atomic mass is 35.5. The maximum absolute atomic E-state index is 14.2. The number of benzene rings is 4. The van der Waals surface area contributed by atoms with Gasteiger partial charge in [-0.05, 0) is 78.2 Å². The number of anilines is 1. The van der Waals surface area contributed by atoms with Crippen LogP contribution in [0.4, 0.5) is 18.9 Å². The van der Waals surface area contributed by atoms with E-state index in [9.17, 15) is 37.8 Å². The molecule has 236 valence electrons. The summed E-state index contributed by atoms with van der Waals surface area (Å²) in [6.45, 7) is 1.76. The number of carboxylic acid groups (broad SMARTS) is 1. The van der Waals surface area contributed by atoms with E-state index in [1.54, 1.807) is 31.2 Å². The van der Waals surface area contributed by atoms with Crippen molar-refractivity contribution >= 4 is 35.1 Å². The van der Waals surface area contributed by atoms with Crippen LogP contribution in [0.3, 0.4) is 0 Å². The molecule has 2 fully saturated rings. The first-order chi connectivity index (χ1) is 21.8. The molecule has 3 N–H and O–H groups in total. The van der Waals surface area contributed by atoms with Crippen molar-refractivity contribution in [2.75, 3.05) is 4.90 Å². The Kier molecular flexibility index (Phi) is 7.77. The summed E-state index contributed by atoms with van der Waals surface area (Å²) in [5, 5.41) is 23.9. The Morgan fingerprint density at radius 3 is 2.28 bits per heavy atom. The van der Waals surface area contributed by atoms with Crippen LogP contribution < -0.4 is 15.0 Å². The second-order valence-electron chi connectivity index (χ2n) is 11.4. The maximum atomic E-state index is 14.2. The first-order valence-corrected chi connectivity index (χ1v) is 14.5. The van der Waals surface area contributed by atoms with E-state index < -0.39 is 52.9 Å². The SMILES string of the molecule is Cc1ccc(N2C(=O)C3C(c4cccc(Oc5cccc(C(F)(F)F)c5)c4)NC(Cc4ccc(O)cc4)(C(=O)O)C3C2=O)cc1Cl. The number of alkyl halides is 3. The summed E-state index contributed by atoms with van der Waals surface area (Å²) in [6, 6.07) is 20.1. The summed E-state index contributed by atoms with van der Waals surface area (Å²) < 4.78 is 45.6. The predicted molar refractivity (Wildman–Crippen MR) is 162 cm³/mol. The predicted octanol–water partition coefficient (Wildman–Crippen LogP) is 6.68. The third kappa shape index (κ3) is 5.45. The van der Waals surface area contributed by atoms with E-state index in [0.717, 1.165) is 17.0 Å². The highest BCUT2D eigenvalue weighted by Gasteiger charge is 2.68. The minimum Gasteiger partial charge on any atom is -0.508 e. The van der Waals surface area contributed by atoms with Gasteiger partial charge in [0.15, 0.2) is 0 Å². The molecule has 12 heteroatoms. The van der Waals surface area contributed by atoms with E-state index in [-0.39, 0.29) is 29.4 Å². The Hall–Kier alpha value is -4.87. The number of rotatable bonds is 7. The van der Waals surface area contributed by atoms with E-state index in [4.69, 9.17) is 16.3 Å². The van der Waals surface area contributed by atoms with Crippen molar-refractivity contribution in [2.24, 2.45) is 11.8 Å². The zero-order chi connectivity index (χ0) is 33.0. The van der Waals surface area contributed by atoms with Crippen molar-refractivity contribution in [3.05, 3.63) is 118 Å². The molecule has 0 spiro atoms. The number of aryl methyl sites for hydroxylation is 1. The van der Waals surface area contributed by atoms with Crippen LogP contribution in [-0.4, -0.2) is 33.5 Å². The van der Waals surface area contributed by atoms with Crippen LogP contribution in [-0.2, 0) is 27.0 Å².